The second kappa shape index (κ2) is 5.76. The third-order valence-electron chi connectivity index (χ3n) is 4.42. The molecule has 2 aromatic carbocycles. The molecule has 0 radical (unpaired) electrons. The molecule has 5 nitrogen and oxygen atoms in total. The number of para-hydroxylation sites is 2. The van der Waals surface area contributed by atoms with Gasteiger partial charge in [-0.05, 0) is 26.0 Å². The number of benzene rings is 2. The molecule has 2 aromatic heterocycles. The van der Waals surface area contributed by atoms with E-state index in [0.717, 1.165) is 22.7 Å². The van der Waals surface area contributed by atoms with E-state index in [9.17, 15) is 5.11 Å². The molecule has 0 spiro atoms. The number of rotatable bonds is 4. The van der Waals surface area contributed by atoms with Crippen LogP contribution in [0.25, 0.3) is 21.8 Å². The van der Waals surface area contributed by atoms with Crippen molar-refractivity contribution in [3.8, 4) is 0 Å². The van der Waals surface area contributed by atoms with Gasteiger partial charge in [0, 0.05) is 21.8 Å². The third-order valence-corrected chi connectivity index (χ3v) is 4.42. The number of aromatic nitrogens is 4. The van der Waals surface area contributed by atoms with E-state index in [-0.39, 0.29) is 0 Å². The van der Waals surface area contributed by atoms with Crippen molar-refractivity contribution < 1.29 is 5.11 Å². The van der Waals surface area contributed by atoms with Crippen LogP contribution in [0.15, 0.2) is 48.5 Å². The van der Waals surface area contributed by atoms with Gasteiger partial charge in [-0.1, -0.05) is 36.4 Å². The van der Waals surface area contributed by atoms with Gasteiger partial charge < -0.3 is 9.67 Å². The van der Waals surface area contributed by atoms with Crippen molar-refractivity contribution in [2.75, 3.05) is 0 Å². The zero-order chi connectivity index (χ0) is 16.7. The number of hydrogen-bond donors (Lipinski definition) is 1. The number of aryl methyl sites for hydroxylation is 2. The molecule has 1 N–H and O–H groups in total. The summed E-state index contributed by atoms with van der Waals surface area (Å²) in [5.41, 5.74) is 2.29. The Kier molecular flexibility index (Phi) is 3.58. The summed E-state index contributed by atoms with van der Waals surface area (Å²) in [6.07, 6.45) is -0.538. The van der Waals surface area contributed by atoms with Crippen molar-refractivity contribution in [3.05, 3.63) is 60.2 Å². The molecule has 0 aliphatic carbocycles. The summed E-state index contributed by atoms with van der Waals surface area (Å²) < 4.78 is 3.96. The molecule has 1 unspecified atom stereocenters. The Morgan fingerprint density at radius 1 is 0.917 bits per heavy atom. The Hall–Kier alpha value is -2.66. The van der Waals surface area contributed by atoms with E-state index in [1.807, 2.05) is 26.0 Å². The molecule has 4 aromatic rings. The van der Waals surface area contributed by atoms with Crippen molar-refractivity contribution in [1.82, 2.24) is 19.3 Å². The van der Waals surface area contributed by atoms with Gasteiger partial charge in [-0.2, -0.15) is 5.10 Å². The minimum atomic E-state index is -0.538. The van der Waals surface area contributed by atoms with Crippen molar-refractivity contribution in [3.63, 3.8) is 0 Å². The highest BCUT2D eigenvalue weighted by Crippen LogP contribution is 2.28. The third kappa shape index (κ3) is 2.47. The fraction of sp³-hybridized carbons (Fsp3) is 0.263. The predicted octanol–water partition coefficient (Wildman–Crippen LogP) is 3.06. The molecule has 0 aliphatic rings. The van der Waals surface area contributed by atoms with E-state index >= 15 is 0 Å². The van der Waals surface area contributed by atoms with Crippen LogP contribution in [0.3, 0.4) is 0 Å². The van der Waals surface area contributed by atoms with Crippen LogP contribution < -0.4 is 0 Å². The Morgan fingerprint density at radius 2 is 1.50 bits per heavy atom. The van der Waals surface area contributed by atoms with E-state index in [1.54, 1.807) is 4.68 Å². The van der Waals surface area contributed by atoms with Crippen molar-refractivity contribution >= 4 is 21.8 Å². The molecule has 5 heteroatoms. The topological polar surface area (TPSA) is 55.9 Å². The smallest absolute Gasteiger partial charge is 0.147 e. The first kappa shape index (κ1) is 14.9. The molecule has 0 saturated carbocycles. The Balaban J connectivity index is 1.71. The lowest BCUT2D eigenvalue weighted by molar-refractivity contribution is 0.131. The molecule has 0 amide bonds. The van der Waals surface area contributed by atoms with Crippen LogP contribution >= 0.6 is 0 Å². The molecular weight excluding hydrogens is 300 g/mol. The van der Waals surface area contributed by atoms with E-state index in [0.29, 0.717) is 13.1 Å². The van der Waals surface area contributed by atoms with Crippen LogP contribution in [0.5, 0.6) is 0 Å². The quantitative estimate of drug-likeness (QED) is 0.629. The number of fused-ring (bicyclic) bond motifs is 3. The van der Waals surface area contributed by atoms with Gasteiger partial charge in [0.2, 0.25) is 0 Å². The minimum Gasteiger partial charge on any atom is -0.389 e. The number of hydrogen-bond acceptors (Lipinski definition) is 3. The lowest BCUT2D eigenvalue weighted by Gasteiger charge is -2.14. The van der Waals surface area contributed by atoms with Crippen LogP contribution in [0.1, 0.15) is 11.6 Å². The first-order chi connectivity index (χ1) is 11.6. The zero-order valence-electron chi connectivity index (χ0n) is 13.8. The maximum absolute atomic E-state index is 10.6. The highest BCUT2D eigenvalue weighted by Gasteiger charge is 2.15. The summed E-state index contributed by atoms with van der Waals surface area (Å²) in [4.78, 5) is 4.29. The number of aliphatic hydroxyl groups is 1. The van der Waals surface area contributed by atoms with Crippen LogP contribution in [-0.4, -0.2) is 30.5 Å². The molecule has 2 heterocycles. The summed E-state index contributed by atoms with van der Waals surface area (Å²) in [5, 5.41) is 17.4. The monoisotopic (exact) mass is 320 g/mol. The van der Waals surface area contributed by atoms with E-state index in [2.05, 4.69) is 51.0 Å². The van der Waals surface area contributed by atoms with Gasteiger partial charge in [0.1, 0.15) is 11.6 Å². The Labute approximate surface area is 140 Å². The van der Waals surface area contributed by atoms with Crippen molar-refractivity contribution in [2.24, 2.45) is 0 Å². The summed E-state index contributed by atoms with van der Waals surface area (Å²) in [6, 6.07) is 16.6. The van der Waals surface area contributed by atoms with Gasteiger partial charge in [-0.15, -0.1) is 0 Å². The van der Waals surface area contributed by atoms with Crippen molar-refractivity contribution in [1.29, 1.82) is 0 Å². The average molecular weight is 320 g/mol. The normalized spacial score (nSPS) is 13.0. The molecule has 1 atom stereocenters. The molecule has 0 bridgehead atoms. The van der Waals surface area contributed by atoms with Crippen LogP contribution in [0.2, 0.25) is 0 Å². The fourth-order valence-corrected chi connectivity index (χ4v) is 3.40. The first-order valence-electron chi connectivity index (χ1n) is 8.15. The molecular formula is C19H20N4O. The van der Waals surface area contributed by atoms with Crippen LogP contribution in [0, 0.1) is 13.8 Å². The molecule has 24 heavy (non-hydrogen) atoms. The van der Waals surface area contributed by atoms with Gasteiger partial charge in [-0.25, -0.2) is 9.67 Å². The lowest BCUT2D eigenvalue weighted by Crippen LogP contribution is -2.23. The maximum Gasteiger partial charge on any atom is 0.147 e. The van der Waals surface area contributed by atoms with Crippen LogP contribution in [0.4, 0.5) is 0 Å². The number of aliphatic hydroxyl groups excluding tert-OH is 1. The molecule has 4 rings (SSSR count). The molecule has 122 valence electrons. The van der Waals surface area contributed by atoms with Gasteiger partial charge in [-0.3, -0.25) is 0 Å². The summed E-state index contributed by atoms with van der Waals surface area (Å²) in [7, 11) is 0. The predicted molar refractivity (Wildman–Crippen MR) is 94.9 cm³/mol. The molecule has 0 aliphatic heterocycles. The summed E-state index contributed by atoms with van der Waals surface area (Å²) in [6.45, 7) is 4.73. The van der Waals surface area contributed by atoms with E-state index in [1.165, 1.54) is 10.8 Å². The molecule has 0 fully saturated rings. The second-order valence-electron chi connectivity index (χ2n) is 6.19. The second-order valence-corrected chi connectivity index (χ2v) is 6.19. The standard InChI is InChI=1S/C19H20N4O/c1-13-20-14(2)23(21-13)12-15(24)11-22-18-9-5-3-7-16(18)17-8-4-6-10-19(17)22/h3-10,15,24H,11-12H2,1-2H3. The summed E-state index contributed by atoms with van der Waals surface area (Å²) >= 11 is 0. The van der Waals surface area contributed by atoms with Gasteiger partial charge in [0.05, 0.1) is 19.2 Å². The van der Waals surface area contributed by atoms with Gasteiger partial charge in [0.25, 0.3) is 0 Å². The summed E-state index contributed by atoms with van der Waals surface area (Å²) in [5.74, 6) is 1.56. The largest absolute Gasteiger partial charge is 0.389 e. The molecule has 0 saturated heterocycles. The zero-order valence-corrected chi connectivity index (χ0v) is 13.8. The SMILES string of the molecule is Cc1nc(C)n(CC(O)Cn2c3ccccc3c3ccccc32)n1. The highest BCUT2D eigenvalue weighted by molar-refractivity contribution is 6.07. The Morgan fingerprint density at radius 3 is 2.04 bits per heavy atom. The first-order valence-corrected chi connectivity index (χ1v) is 8.15. The number of nitrogens with zero attached hydrogens (tertiary/aromatic N) is 4. The van der Waals surface area contributed by atoms with Crippen LogP contribution in [-0.2, 0) is 13.1 Å². The van der Waals surface area contributed by atoms with E-state index < -0.39 is 6.10 Å². The lowest BCUT2D eigenvalue weighted by atomic mass is 10.2. The Bertz CT molecular complexity index is 961. The maximum atomic E-state index is 10.6. The minimum absolute atomic E-state index is 0.438. The fourth-order valence-electron chi connectivity index (χ4n) is 3.40. The van der Waals surface area contributed by atoms with Gasteiger partial charge in [0.15, 0.2) is 0 Å². The average Bonchev–Trinajstić information content (AvgIpc) is 3.06. The van der Waals surface area contributed by atoms with Crippen molar-refractivity contribution in [2.45, 2.75) is 33.0 Å². The van der Waals surface area contributed by atoms with Gasteiger partial charge >= 0.3 is 0 Å². The highest BCUT2D eigenvalue weighted by atomic mass is 16.3. The van der Waals surface area contributed by atoms with E-state index in [4.69, 9.17) is 0 Å².